The van der Waals surface area contributed by atoms with Crippen LogP contribution in [0.2, 0.25) is 0 Å². The molecule has 4 atom stereocenters. The van der Waals surface area contributed by atoms with E-state index < -0.39 is 58.0 Å². The summed E-state index contributed by atoms with van der Waals surface area (Å²) in [6.07, 6.45) is 0.158. The van der Waals surface area contributed by atoms with Crippen molar-refractivity contribution in [2.24, 2.45) is 23.3 Å². The molecule has 1 saturated carbocycles. The Morgan fingerprint density at radius 2 is 1.76 bits per heavy atom. The van der Waals surface area contributed by atoms with Crippen molar-refractivity contribution in [1.29, 1.82) is 0 Å². The summed E-state index contributed by atoms with van der Waals surface area (Å²) >= 11 is 0. The zero-order chi connectivity index (χ0) is 30.2. The molecule has 0 spiro atoms. The number of fused-ring (bicyclic) bond motifs is 4. The highest BCUT2D eigenvalue weighted by Gasteiger charge is 2.63. The number of amides is 2. The van der Waals surface area contributed by atoms with Crippen LogP contribution in [0.25, 0.3) is 16.5 Å². The fourth-order valence-electron chi connectivity index (χ4n) is 7.11. The van der Waals surface area contributed by atoms with Crippen LogP contribution in [-0.2, 0) is 32.1 Å². The van der Waals surface area contributed by atoms with Crippen LogP contribution in [0, 0.1) is 11.8 Å². The average Bonchev–Trinajstić information content (AvgIpc) is 2.94. The number of aliphatic hydroxyl groups is 3. The summed E-state index contributed by atoms with van der Waals surface area (Å²) in [6, 6.07) is 6.00. The number of carbonyl (C=O) groups excluding carboxylic acids is 4. The van der Waals surface area contributed by atoms with Gasteiger partial charge in [-0.15, -0.1) is 0 Å². The summed E-state index contributed by atoms with van der Waals surface area (Å²) in [5.74, 6) is -7.20. The minimum absolute atomic E-state index is 0.0429. The van der Waals surface area contributed by atoms with Crippen LogP contribution in [0.3, 0.4) is 0 Å². The van der Waals surface area contributed by atoms with Crippen molar-refractivity contribution >= 4 is 39.9 Å². The van der Waals surface area contributed by atoms with Gasteiger partial charge in [0.15, 0.2) is 11.4 Å². The van der Waals surface area contributed by atoms with Crippen molar-refractivity contribution in [2.75, 3.05) is 26.2 Å². The number of phenolic OH excluding ortho intramolecular Hbond substituents is 1. The Morgan fingerprint density at radius 3 is 2.40 bits per heavy atom. The average molecular weight is 577 g/mol. The molecule has 3 aliphatic carbocycles. The van der Waals surface area contributed by atoms with Crippen molar-refractivity contribution in [1.82, 2.24) is 9.80 Å². The van der Waals surface area contributed by atoms with E-state index in [0.29, 0.717) is 43.7 Å². The SMILES string of the molecule is CC(=O)N1CCN(Cc2ccc3cc4c(c(O)c3c2)C(O)=C2C(=O)[C@]3(O)C(O)=C(C(N)=O)C(=O)[C@@H](N)[C@@H]3C[C@@H]2C4)CC1. The number of hydrogen-bond donors (Lipinski definition) is 6. The number of nitrogens with two attached hydrogens (primary N) is 2. The monoisotopic (exact) mass is 576 g/mol. The lowest BCUT2D eigenvalue weighted by molar-refractivity contribution is -0.149. The third-order valence-electron chi connectivity index (χ3n) is 9.34. The highest BCUT2D eigenvalue weighted by Crippen LogP contribution is 2.52. The number of Topliss-reactive ketones (excluding diaryl/α,β-unsaturated/α-hetero) is 2. The van der Waals surface area contributed by atoms with Gasteiger partial charge < -0.3 is 36.8 Å². The molecule has 220 valence electrons. The maximum atomic E-state index is 13.8. The summed E-state index contributed by atoms with van der Waals surface area (Å²) in [5, 5.41) is 46.3. The Labute approximate surface area is 240 Å². The van der Waals surface area contributed by atoms with Crippen LogP contribution < -0.4 is 11.5 Å². The predicted octanol–water partition coefficient (Wildman–Crippen LogP) is 0.178. The fourth-order valence-corrected chi connectivity index (χ4v) is 7.11. The summed E-state index contributed by atoms with van der Waals surface area (Å²) in [5.41, 5.74) is 8.97. The van der Waals surface area contributed by atoms with Crippen LogP contribution in [0.1, 0.15) is 30.0 Å². The highest BCUT2D eigenvalue weighted by molar-refractivity contribution is 6.24. The Hall–Kier alpha value is -4.26. The number of piperazine rings is 1. The molecule has 42 heavy (non-hydrogen) atoms. The number of benzene rings is 2. The lowest BCUT2D eigenvalue weighted by Crippen LogP contribution is -2.65. The van der Waals surface area contributed by atoms with Crippen molar-refractivity contribution < 1.29 is 39.6 Å². The van der Waals surface area contributed by atoms with Gasteiger partial charge in [-0.3, -0.25) is 24.1 Å². The van der Waals surface area contributed by atoms with Gasteiger partial charge in [-0.05, 0) is 41.3 Å². The molecule has 1 saturated heterocycles. The molecule has 0 unspecified atom stereocenters. The van der Waals surface area contributed by atoms with Crippen LogP contribution in [0.5, 0.6) is 5.75 Å². The van der Waals surface area contributed by atoms with E-state index in [0.717, 1.165) is 10.9 Å². The molecule has 2 aromatic carbocycles. The van der Waals surface area contributed by atoms with Gasteiger partial charge in [-0.1, -0.05) is 18.2 Å². The zero-order valence-electron chi connectivity index (χ0n) is 23.0. The molecule has 1 heterocycles. The Balaban J connectivity index is 1.39. The maximum absolute atomic E-state index is 13.8. The van der Waals surface area contributed by atoms with E-state index in [9.17, 15) is 39.6 Å². The number of hydrogen-bond acceptors (Lipinski definition) is 10. The van der Waals surface area contributed by atoms with Crippen LogP contribution in [0.4, 0.5) is 0 Å². The number of aromatic hydroxyl groups is 1. The second-order valence-corrected chi connectivity index (χ2v) is 11.7. The first kappa shape index (κ1) is 27.9. The molecule has 2 aromatic rings. The molecule has 8 N–H and O–H groups in total. The maximum Gasteiger partial charge on any atom is 0.255 e. The summed E-state index contributed by atoms with van der Waals surface area (Å²) in [6.45, 7) is 4.83. The van der Waals surface area contributed by atoms with Crippen LogP contribution >= 0.6 is 0 Å². The summed E-state index contributed by atoms with van der Waals surface area (Å²) < 4.78 is 0. The van der Waals surface area contributed by atoms with Crippen molar-refractivity contribution in [3.8, 4) is 5.75 Å². The number of primary amides is 1. The molecule has 0 aromatic heterocycles. The normalized spacial score (nSPS) is 28.1. The Morgan fingerprint density at radius 1 is 1.07 bits per heavy atom. The third kappa shape index (κ3) is 3.93. The van der Waals surface area contributed by atoms with E-state index in [1.165, 1.54) is 0 Å². The van der Waals surface area contributed by atoms with Crippen molar-refractivity contribution in [3.63, 3.8) is 0 Å². The second-order valence-electron chi connectivity index (χ2n) is 11.7. The molecule has 12 nitrogen and oxygen atoms in total. The van der Waals surface area contributed by atoms with Gasteiger partial charge in [0, 0.05) is 56.5 Å². The second kappa shape index (κ2) is 9.65. The molecular weight excluding hydrogens is 544 g/mol. The van der Waals surface area contributed by atoms with Gasteiger partial charge >= 0.3 is 0 Å². The fraction of sp³-hybridized carbons (Fsp3) is 0.400. The number of rotatable bonds is 3. The number of ketones is 2. The summed E-state index contributed by atoms with van der Waals surface area (Å²) in [4.78, 5) is 54.1. The molecular formula is C30H32N4O8. The van der Waals surface area contributed by atoms with Crippen LogP contribution in [0.15, 0.2) is 41.2 Å². The Kier molecular flexibility index (Phi) is 6.41. The smallest absolute Gasteiger partial charge is 0.255 e. The molecule has 1 aliphatic heterocycles. The van der Waals surface area contributed by atoms with E-state index in [1.807, 2.05) is 24.3 Å². The first-order valence-corrected chi connectivity index (χ1v) is 13.8. The van der Waals surface area contributed by atoms with Gasteiger partial charge in [0.1, 0.15) is 22.8 Å². The standard InChI is InChI=1S/C30H32N4O8/c1-13(35)34-6-4-33(5-7-34)12-14-2-3-15-9-16-10-17-11-19-23(31)26(38)22(29(32)41)28(40)30(19,42)27(39)21(17)25(37)20(16)24(36)18(15)8-14/h2-3,8-9,17,19,23,36-37,40,42H,4-7,10-12,31H2,1H3,(H2,32,41)/t17-,19-,23-,30-/m0/s1. The molecule has 0 bridgehead atoms. The van der Waals surface area contributed by atoms with Gasteiger partial charge in [0.25, 0.3) is 5.91 Å². The number of aliphatic hydroxyl groups excluding tert-OH is 2. The first-order valence-electron chi connectivity index (χ1n) is 13.8. The minimum atomic E-state index is -2.74. The van der Waals surface area contributed by atoms with Crippen LogP contribution in [-0.4, -0.2) is 91.4 Å². The Bertz CT molecular complexity index is 1650. The van der Waals surface area contributed by atoms with Gasteiger partial charge in [-0.25, -0.2) is 0 Å². The molecule has 2 fully saturated rings. The number of phenols is 1. The summed E-state index contributed by atoms with van der Waals surface area (Å²) in [7, 11) is 0. The van der Waals surface area contributed by atoms with Gasteiger partial charge in [0.05, 0.1) is 11.6 Å². The number of carbonyl (C=O) groups is 4. The van der Waals surface area contributed by atoms with Crippen molar-refractivity contribution in [3.05, 3.63) is 57.9 Å². The minimum Gasteiger partial charge on any atom is -0.508 e. The largest absolute Gasteiger partial charge is 0.508 e. The highest BCUT2D eigenvalue weighted by atomic mass is 16.3. The predicted molar refractivity (Wildman–Crippen MR) is 150 cm³/mol. The molecule has 12 heteroatoms. The van der Waals surface area contributed by atoms with Gasteiger partial charge in [-0.2, -0.15) is 0 Å². The van der Waals surface area contributed by atoms with E-state index in [4.69, 9.17) is 11.5 Å². The van der Waals surface area contributed by atoms with Gasteiger partial charge in [0.2, 0.25) is 11.7 Å². The topological polar surface area (TPSA) is 208 Å². The number of nitrogens with zero attached hydrogens (tertiary/aromatic N) is 2. The quantitative estimate of drug-likeness (QED) is 0.273. The lowest BCUT2D eigenvalue weighted by atomic mass is 9.58. The zero-order valence-corrected chi connectivity index (χ0v) is 23.0. The van der Waals surface area contributed by atoms with E-state index >= 15 is 0 Å². The first-order chi connectivity index (χ1) is 19.8. The molecule has 6 rings (SSSR count). The van der Waals surface area contributed by atoms with E-state index in [-0.39, 0.29) is 35.6 Å². The molecule has 2 amide bonds. The van der Waals surface area contributed by atoms with E-state index in [1.54, 1.807) is 11.8 Å². The molecule has 0 radical (unpaired) electrons. The van der Waals surface area contributed by atoms with E-state index in [2.05, 4.69) is 4.90 Å². The molecule has 4 aliphatic rings. The van der Waals surface area contributed by atoms with Crippen molar-refractivity contribution in [2.45, 2.75) is 38.0 Å². The third-order valence-corrected chi connectivity index (χ3v) is 9.34. The lowest BCUT2D eigenvalue weighted by Gasteiger charge is -2.48.